The van der Waals surface area contributed by atoms with E-state index in [1.165, 1.54) is 5.56 Å². The first-order valence-corrected chi connectivity index (χ1v) is 7.72. The molecule has 3 rings (SSSR count). The maximum absolute atomic E-state index is 4.78. The molecule has 0 saturated carbocycles. The maximum atomic E-state index is 4.78. The van der Waals surface area contributed by atoms with Crippen molar-refractivity contribution in [3.8, 4) is 0 Å². The first-order chi connectivity index (χ1) is 10.8. The Balaban J connectivity index is 2.08. The zero-order valence-corrected chi connectivity index (χ0v) is 13.0. The van der Waals surface area contributed by atoms with Gasteiger partial charge in [0.2, 0.25) is 0 Å². The number of unbranched alkanes of at least 4 members (excludes halogenated alkanes) is 1. The molecule has 0 aliphatic carbocycles. The van der Waals surface area contributed by atoms with Crippen LogP contribution in [-0.2, 0) is 0 Å². The minimum absolute atomic E-state index is 0.800. The molecule has 0 fully saturated rings. The van der Waals surface area contributed by atoms with Gasteiger partial charge in [-0.2, -0.15) is 4.68 Å². The fourth-order valence-electron chi connectivity index (χ4n) is 2.35. The van der Waals surface area contributed by atoms with Crippen molar-refractivity contribution in [2.24, 2.45) is 4.99 Å². The summed E-state index contributed by atoms with van der Waals surface area (Å²) in [4.78, 5) is 4.78. The molecule has 0 atom stereocenters. The first-order valence-electron chi connectivity index (χ1n) is 7.72. The SMILES string of the molecule is CCCCN=C(c1ccc(C)cc1)n1nnc2ccccc21. The van der Waals surface area contributed by atoms with Crippen LogP contribution in [0.15, 0.2) is 53.5 Å². The largest absolute Gasteiger partial charge is 0.266 e. The quantitative estimate of drug-likeness (QED) is 0.416. The number of aliphatic imine (C=N–C) groups is 1. The van der Waals surface area contributed by atoms with Gasteiger partial charge < -0.3 is 0 Å². The van der Waals surface area contributed by atoms with E-state index in [1.807, 2.05) is 28.9 Å². The lowest BCUT2D eigenvalue weighted by atomic mass is 10.1. The molecule has 0 spiro atoms. The van der Waals surface area contributed by atoms with Crippen LogP contribution in [0.5, 0.6) is 0 Å². The van der Waals surface area contributed by atoms with Gasteiger partial charge in [0.15, 0.2) is 5.84 Å². The summed E-state index contributed by atoms with van der Waals surface area (Å²) in [6, 6.07) is 16.4. The van der Waals surface area contributed by atoms with Crippen LogP contribution in [0.4, 0.5) is 0 Å². The monoisotopic (exact) mass is 292 g/mol. The minimum Gasteiger partial charge on any atom is -0.266 e. The van der Waals surface area contributed by atoms with Crippen molar-refractivity contribution >= 4 is 16.9 Å². The van der Waals surface area contributed by atoms with Crippen molar-refractivity contribution in [3.63, 3.8) is 0 Å². The molecule has 0 unspecified atom stereocenters. The molecule has 3 aromatic rings. The highest BCUT2D eigenvalue weighted by Crippen LogP contribution is 2.14. The van der Waals surface area contributed by atoms with Crippen LogP contribution in [0.25, 0.3) is 11.0 Å². The molecule has 0 amide bonds. The summed E-state index contributed by atoms with van der Waals surface area (Å²) in [5.74, 6) is 0.863. The third-order valence-electron chi connectivity index (χ3n) is 3.64. The number of nitrogens with zero attached hydrogens (tertiary/aromatic N) is 4. The lowest BCUT2D eigenvalue weighted by molar-refractivity contribution is 0.792. The van der Waals surface area contributed by atoms with E-state index < -0.39 is 0 Å². The van der Waals surface area contributed by atoms with Crippen LogP contribution in [-0.4, -0.2) is 27.4 Å². The summed E-state index contributed by atoms with van der Waals surface area (Å²) in [5.41, 5.74) is 4.17. The molecule has 2 aromatic carbocycles. The molecule has 0 saturated heterocycles. The smallest absolute Gasteiger partial charge is 0.158 e. The van der Waals surface area contributed by atoms with E-state index in [2.05, 4.69) is 48.4 Å². The number of hydrogen-bond donors (Lipinski definition) is 0. The number of aromatic nitrogens is 3. The van der Waals surface area contributed by atoms with Gasteiger partial charge in [-0.15, -0.1) is 5.10 Å². The van der Waals surface area contributed by atoms with Gasteiger partial charge in [-0.25, -0.2) is 0 Å². The zero-order valence-electron chi connectivity index (χ0n) is 13.0. The lowest BCUT2D eigenvalue weighted by Crippen LogP contribution is -2.16. The summed E-state index contributed by atoms with van der Waals surface area (Å²) < 4.78 is 1.84. The topological polar surface area (TPSA) is 43.1 Å². The van der Waals surface area contributed by atoms with Crippen LogP contribution in [0.2, 0.25) is 0 Å². The van der Waals surface area contributed by atoms with Crippen molar-refractivity contribution < 1.29 is 0 Å². The lowest BCUT2D eigenvalue weighted by Gasteiger charge is -2.08. The highest BCUT2D eigenvalue weighted by molar-refractivity contribution is 6.03. The van der Waals surface area contributed by atoms with Crippen molar-refractivity contribution in [2.75, 3.05) is 6.54 Å². The second kappa shape index (κ2) is 6.52. The third-order valence-corrected chi connectivity index (χ3v) is 3.64. The Morgan fingerprint density at radius 3 is 2.64 bits per heavy atom. The predicted octanol–water partition coefficient (Wildman–Crippen LogP) is 3.83. The Morgan fingerprint density at radius 2 is 1.86 bits per heavy atom. The number of benzene rings is 2. The normalized spacial score (nSPS) is 12.0. The molecule has 1 heterocycles. The van der Waals surface area contributed by atoms with Crippen molar-refractivity contribution in [1.82, 2.24) is 15.0 Å². The molecule has 4 heteroatoms. The van der Waals surface area contributed by atoms with E-state index in [1.54, 1.807) is 0 Å². The molecule has 4 nitrogen and oxygen atoms in total. The molecule has 0 aliphatic rings. The van der Waals surface area contributed by atoms with E-state index >= 15 is 0 Å². The Bertz CT molecular complexity index is 784. The van der Waals surface area contributed by atoms with Crippen LogP contribution in [0, 0.1) is 6.92 Å². The molecule has 22 heavy (non-hydrogen) atoms. The van der Waals surface area contributed by atoms with Gasteiger partial charge in [-0.05, 0) is 25.5 Å². The number of aryl methyl sites for hydroxylation is 1. The molecule has 0 N–H and O–H groups in total. The first kappa shape index (κ1) is 14.4. The number of rotatable bonds is 4. The van der Waals surface area contributed by atoms with Crippen LogP contribution in [0.1, 0.15) is 30.9 Å². The molecule has 112 valence electrons. The Kier molecular flexibility index (Phi) is 4.28. The van der Waals surface area contributed by atoms with Gasteiger partial charge in [0.05, 0.1) is 5.52 Å². The minimum atomic E-state index is 0.800. The summed E-state index contributed by atoms with van der Waals surface area (Å²) in [6.07, 6.45) is 2.20. The van der Waals surface area contributed by atoms with Gasteiger partial charge in [0.25, 0.3) is 0 Å². The Morgan fingerprint density at radius 1 is 1.09 bits per heavy atom. The van der Waals surface area contributed by atoms with Crippen LogP contribution < -0.4 is 0 Å². The highest BCUT2D eigenvalue weighted by atomic mass is 15.4. The molecule has 0 radical (unpaired) electrons. The van der Waals surface area contributed by atoms with Gasteiger partial charge in [-0.3, -0.25) is 4.99 Å². The fraction of sp³-hybridized carbons (Fsp3) is 0.278. The Labute approximate surface area is 130 Å². The second-order valence-electron chi connectivity index (χ2n) is 5.41. The summed E-state index contributed by atoms with van der Waals surface area (Å²) >= 11 is 0. The predicted molar refractivity (Wildman–Crippen MR) is 90.4 cm³/mol. The average Bonchev–Trinajstić information content (AvgIpc) is 2.97. The highest BCUT2D eigenvalue weighted by Gasteiger charge is 2.11. The second-order valence-corrected chi connectivity index (χ2v) is 5.41. The summed E-state index contributed by atoms with van der Waals surface area (Å²) in [5, 5.41) is 8.55. The van der Waals surface area contributed by atoms with E-state index in [9.17, 15) is 0 Å². The van der Waals surface area contributed by atoms with Crippen LogP contribution >= 0.6 is 0 Å². The molecule has 1 aromatic heterocycles. The average molecular weight is 292 g/mol. The van der Waals surface area contributed by atoms with Crippen molar-refractivity contribution in [3.05, 3.63) is 59.7 Å². The Hall–Kier alpha value is -2.49. The maximum Gasteiger partial charge on any atom is 0.158 e. The van der Waals surface area contributed by atoms with E-state index in [0.29, 0.717) is 0 Å². The molecule has 0 aliphatic heterocycles. The van der Waals surface area contributed by atoms with Gasteiger partial charge in [0, 0.05) is 12.1 Å². The third kappa shape index (κ3) is 2.91. The van der Waals surface area contributed by atoms with Crippen molar-refractivity contribution in [2.45, 2.75) is 26.7 Å². The number of para-hydroxylation sites is 1. The van der Waals surface area contributed by atoms with Gasteiger partial charge in [-0.1, -0.05) is 60.5 Å². The number of fused-ring (bicyclic) bond motifs is 1. The molecular weight excluding hydrogens is 272 g/mol. The van der Waals surface area contributed by atoms with Crippen molar-refractivity contribution in [1.29, 1.82) is 0 Å². The van der Waals surface area contributed by atoms with Gasteiger partial charge >= 0.3 is 0 Å². The fourth-order valence-corrected chi connectivity index (χ4v) is 2.35. The standard InChI is InChI=1S/C18H20N4/c1-3-4-13-19-18(15-11-9-14(2)10-12-15)22-17-8-6-5-7-16(17)20-21-22/h5-12H,3-4,13H2,1-2H3. The van der Waals surface area contributed by atoms with Gasteiger partial charge in [0.1, 0.15) is 5.52 Å². The zero-order chi connectivity index (χ0) is 15.4. The van der Waals surface area contributed by atoms with E-state index in [4.69, 9.17) is 4.99 Å². The summed E-state index contributed by atoms with van der Waals surface area (Å²) in [6.45, 7) is 5.06. The van der Waals surface area contributed by atoms with E-state index in [0.717, 1.165) is 41.8 Å². The summed E-state index contributed by atoms with van der Waals surface area (Å²) in [7, 11) is 0. The van der Waals surface area contributed by atoms with Crippen LogP contribution in [0.3, 0.4) is 0 Å². The molecular formula is C18H20N4. The van der Waals surface area contributed by atoms with E-state index in [-0.39, 0.29) is 0 Å². The molecule has 0 bridgehead atoms. The number of hydrogen-bond acceptors (Lipinski definition) is 3.